The summed E-state index contributed by atoms with van der Waals surface area (Å²) in [5, 5.41) is 9.19. The molecule has 134 valence electrons. The number of carbonyl (C=O) groups is 3. The molecular weight excluding hydrogens is 320 g/mol. The van der Waals surface area contributed by atoms with Crippen LogP contribution in [0.1, 0.15) is 30.4 Å². The average Bonchev–Trinajstić information content (AvgIpc) is 2.98. The van der Waals surface area contributed by atoms with Gasteiger partial charge in [-0.3, -0.25) is 14.4 Å². The van der Waals surface area contributed by atoms with Crippen molar-refractivity contribution in [2.24, 2.45) is 11.8 Å². The van der Waals surface area contributed by atoms with Crippen LogP contribution in [0.4, 0.5) is 5.69 Å². The Labute approximate surface area is 147 Å². The van der Waals surface area contributed by atoms with Crippen molar-refractivity contribution in [3.8, 4) is 0 Å². The topological polar surface area (TPSA) is 77.9 Å². The highest BCUT2D eigenvalue weighted by molar-refractivity contribution is 6.01. The zero-order valence-electron chi connectivity index (χ0n) is 14.7. The maximum atomic E-state index is 12.8. The summed E-state index contributed by atoms with van der Waals surface area (Å²) in [7, 11) is 0. The van der Waals surface area contributed by atoms with Crippen LogP contribution >= 0.6 is 0 Å². The summed E-state index contributed by atoms with van der Waals surface area (Å²) in [6.45, 7) is 5.19. The van der Waals surface area contributed by atoms with Crippen LogP contribution in [0.5, 0.6) is 0 Å². The summed E-state index contributed by atoms with van der Waals surface area (Å²) in [6.07, 6.45) is 1.50. The lowest BCUT2D eigenvalue weighted by atomic mass is 9.96. The smallest absolute Gasteiger partial charge is 0.308 e. The predicted molar refractivity (Wildman–Crippen MR) is 93.3 cm³/mol. The van der Waals surface area contributed by atoms with E-state index in [4.69, 9.17) is 0 Å². The first-order chi connectivity index (χ1) is 11.9. The van der Waals surface area contributed by atoms with Crippen molar-refractivity contribution in [1.29, 1.82) is 0 Å². The first kappa shape index (κ1) is 17.5. The maximum Gasteiger partial charge on any atom is 0.308 e. The van der Waals surface area contributed by atoms with Gasteiger partial charge in [-0.2, -0.15) is 0 Å². The summed E-state index contributed by atoms with van der Waals surface area (Å²) >= 11 is 0. The third-order valence-electron chi connectivity index (χ3n) is 5.42. The van der Waals surface area contributed by atoms with Crippen molar-refractivity contribution in [3.63, 3.8) is 0 Å². The molecule has 6 nitrogen and oxygen atoms in total. The van der Waals surface area contributed by atoms with Gasteiger partial charge < -0.3 is 14.9 Å². The molecule has 25 heavy (non-hydrogen) atoms. The van der Waals surface area contributed by atoms with Gasteiger partial charge in [0.25, 0.3) is 0 Å². The molecule has 1 N–H and O–H groups in total. The molecule has 3 rings (SSSR count). The van der Waals surface area contributed by atoms with Crippen LogP contribution in [-0.4, -0.2) is 47.4 Å². The Bertz CT molecular complexity index is 715. The molecular formula is C19H24N2O4. The molecule has 0 aromatic heterocycles. The van der Waals surface area contributed by atoms with E-state index in [0.29, 0.717) is 25.9 Å². The van der Waals surface area contributed by atoms with E-state index in [0.717, 1.165) is 16.8 Å². The summed E-state index contributed by atoms with van der Waals surface area (Å²) in [6, 6.07) is 5.83. The number of carbonyl (C=O) groups excluding carboxylic acids is 2. The van der Waals surface area contributed by atoms with Gasteiger partial charge in [-0.15, -0.1) is 0 Å². The van der Waals surface area contributed by atoms with Gasteiger partial charge in [0.1, 0.15) is 0 Å². The quantitative estimate of drug-likeness (QED) is 0.909. The van der Waals surface area contributed by atoms with Gasteiger partial charge in [0.2, 0.25) is 11.8 Å². The summed E-state index contributed by atoms with van der Waals surface area (Å²) in [5.74, 6) is -1.87. The number of piperidine rings is 1. The number of benzene rings is 1. The van der Waals surface area contributed by atoms with Crippen LogP contribution in [0.25, 0.3) is 0 Å². The molecule has 2 aliphatic heterocycles. The van der Waals surface area contributed by atoms with Gasteiger partial charge in [-0.05, 0) is 43.9 Å². The third-order valence-corrected chi connectivity index (χ3v) is 5.42. The number of aliphatic carboxylic acids is 1. The molecule has 2 unspecified atom stereocenters. The Kier molecular flexibility index (Phi) is 4.79. The molecule has 2 fully saturated rings. The van der Waals surface area contributed by atoms with E-state index in [1.165, 1.54) is 0 Å². The molecule has 2 saturated heterocycles. The number of hydrogen-bond donors (Lipinski definition) is 1. The van der Waals surface area contributed by atoms with Crippen LogP contribution < -0.4 is 4.90 Å². The number of amides is 2. The van der Waals surface area contributed by atoms with Crippen LogP contribution in [0.2, 0.25) is 0 Å². The number of likely N-dealkylation sites (tertiary alicyclic amines) is 1. The van der Waals surface area contributed by atoms with Crippen molar-refractivity contribution in [1.82, 2.24) is 4.90 Å². The fraction of sp³-hybridized carbons (Fsp3) is 0.526. The average molecular weight is 344 g/mol. The SMILES string of the molecule is Cc1cccc(N2CC(C(=O)N3CCCC(C(=O)O)C3)CC2=O)c1C. The minimum Gasteiger partial charge on any atom is -0.481 e. The van der Waals surface area contributed by atoms with Crippen molar-refractivity contribution in [2.75, 3.05) is 24.5 Å². The molecule has 6 heteroatoms. The van der Waals surface area contributed by atoms with Crippen LogP contribution in [0, 0.1) is 25.7 Å². The molecule has 2 aliphatic rings. The Morgan fingerprint density at radius 2 is 1.92 bits per heavy atom. The van der Waals surface area contributed by atoms with Crippen LogP contribution in [-0.2, 0) is 14.4 Å². The van der Waals surface area contributed by atoms with Crippen molar-refractivity contribution < 1.29 is 19.5 Å². The van der Waals surface area contributed by atoms with Gasteiger partial charge in [0.05, 0.1) is 11.8 Å². The standard InChI is InChI=1S/C19H24N2O4/c1-12-5-3-7-16(13(12)2)21-11-15(9-17(21)22)18(23)20-8-4-6-14(10-20)19(24)25/h3,5,7,14-15H,4,6,8-11H2,1-2H3,(H,24,25). The number of carboxylic acid groups (broad SMARTS) is 1. The van der Waals surface area contributed by atoms with Gasteiger partial charge >= 0.3 is 5.97 Å². The zero-order chi connectivity index (χ0) is 18.1. The third kappa shape index (κ3) is 3.38. The minimum atomic E-state index is -0.850. The van der Waals surface area contributed by atoms with E-state index >= 15 is 0 Å². The fourth-order valence-electron chi connectivity index (χ4n) is 3.77. The first-order valence-electron chi connectivity index (χ1n) is 8.76. The van der Waals surface area contributed by atoms with Crippen molar-refractivity contribution >= 4 is 23.5 Å². The molecule has 2 heterocycles. The second-order valence-corrected chi connectivity index (χ2v) is 7.09. The van der Waals surface area contributed by atoms with E-state index in [-0.39, 0.29) is 30.7 Å². The van der Waals surface area contributed by atoms with Gasteiger partial charge in [0.15, 0.2) is 0 Å². The Balaban J connectivity index is 1.73. The summed E-state index contributed by atoms with van der Waals surface area (Å²) in [4.78, 5) is 39.8. The first-order valence-corrected chi connectivity index (χ1v) is 8.76. The molecule has 0 bridgehead atoms. The van der Waals surface area contributed by atoms with E-state index in [1.807, 2.05) is 32.0 Å². The Morgan fingerprint density at radius 1 is 1.16 bits per heavy atom. The molecule has 0 spiro atoms. The highest BCUT2D eigenvalue weighted by Gasteiger charge is 2.39. The largest absolute Gasteiger partial charge is 0.481 e. The Hall–Kier alpha value is -2.37. The molecule has 0 saturated carbocycles. The number of anilines is 1. The fourth-order valence-corrected chi connectivity index (χ4v) is 3.77. The molecule has 1 aromatic rings. The second-order valence-electron chi connectivity index (χ2n) is 7.09. The molecule has 0 aliphatic carbocycles. The second kappa shape index (κ2) is 6.86. The lowest BCUT2D eigenvalue weighted by Crippen LogP contribution is -2.45. The number of nitrogens with zero attached hydrogens (tertiary/aromatic N) is 2. The molecule has 0 radical (unpaired) electrons. The zero-order valence-corrected chi connectivity index (χ0v) is 14.7. The number of rotatable bonds is 3. The minimum absolute atomic E-state index is 0.0427. The van der Waals surface area contributed by atoms with Crippen LogP contribution in [0.15, 0.2) is 18.2 Å². The normalized spacial score (nSPS) is 23.8. The molecule has 1 aromatic carbocycles. The molecule has 2 amide bonds. The number of aryl methyl sites for hydroxylation is 1. The van der Waals surface area contributed by atoms with E-state index in [1.54, 1.807) is 9.80 Å². The van der Waals surface area contributed by atoms with E-state index in [2.05, 4.69) is 0 Å². The van der Waals surface area contributed by atoms with Gasteiger partial charge in [-0.1, -0.05) is 12.1 Å². The van der Waals surface area contributed by atoms with Crippen LogP contribution in [0.3, 0.4) is 0 Å². The van der Waals surface area contributed by atoms with Gasteiger partial charge in [0, 0.05) is 31.7 Å². The predicted octanol–water partition coefficient (Wildman–Crippen LogP) is 1.98. The number of carboxylic acids is 1. The lowest BCUT2D eigenvalue weighted by Gasteiger charge is -2.32. The van der Waals surface area contributed by atoms with E-state index in [9.17, 15) is 19.5 Å². The van der Waals surface area contributed by atoms with Crippen molar-refractivity contribution in [2.45, 2.75) is 33.1 Å². The highest BCUT2D eigenvalue weighted by Crippen LogP contribution is 2.31. The summed E-state index contributed by atoms with van der Waals surface area (Å²) in [5.41, 5.74) is 3.02. The number of hydrogen-bond acceptors (Lipinski definition) is 3. The molecule has 2 atom stereocenters. The van der Waals surface area contributed by atoms with E-state index < -0.39 is 11.9 Å². The monoisotopic (exact) mass is 344 g/mol. The summed E-state index contributed by atoms with van der Waals surface area (Å²) < 4.78 is 0. The maximum absolute atomic E-state index is 12.8. The lowest BCUT2D eigenvalue weighted by molar-refractivity contribution is -0.146. The van der Waals surface area contributed by atoms with Crippen molar-refractivity contribution in [3.05, 3.63) is 29.3 Å². The highest BCUT2D eigenvalue weighted by atomic mass is 16.4. The Morgan fingerprint density at radius 3 is 2.64 bits per heavy atom. The van der Waals surface area contributed by atoms with Gasteiger partial charge in [-0.25, -0.2) is 0 Å².